The van der Waals surface area contributed by atoms with Crippen LogP contribution in [0.2, 0.25) is 0 Å². The smallest absolute Gasteiger partial charge is 0.325 e. The highest BCUT2D eigenvalue weighted by molar-refractivity contribution is 5.94. The number of amides is 1. The molecule has 1 rings (SSSR count). The number of rotatable bonds is 5. The Labute approximate surface area is 100 Å². The zero-order chi connectivity index (χ0) is 12.7. The molecular weight excluding hydrogens is 220 g/mol. The van der Waals surface area contributed by atoms with Crippen molar-refractivity contribution in [2.75, 3.05) is 19.7 Å². The first-order valence-electron chi connectivity index (χ1n) is 5.55. The van der Waals surface area contributed by atoms with Crippen molar-refractivity contribution in [3.8, 4) is 0 Å². The number of carbonyl (C=O) groups is 2. The van der Waals surface area contributed by atoms with E-state index in [0.29, 0.717) is 18.8 Å². The zero-order valence-electron chi connectivity index (χ0n) is 10.0. The van der Waals surface area contributed by atoms with Crippen LogP contribution in [0.4, 0.5) is 0 Å². The van der Waals surface area contributed by atoms with E-state index in [1.54, 1.807) is 38.2 Å². The standard InChI is InChI=1S/C12H16N2O3/c1-3-14(9-11(15)17-4-2)12(16)10-7-5-6-8-13-10/h5-8H,3-4,9H2,1-2H3. The molecule has 5 heteroatoms. The van der Waals surface area contributed by atoms with Crippen LogP contribution in [0.3, 0.4) is 0 Å². The fourth-order valence-electron chi connectivity index (χ4n) is 1.34. The van der Waals surface area contributed by atoms with E-state index < -0.39 is 5.97 Å². The van der Waals surface area contributed by atoms with Gasteiger partial charge in [0.15, 0.2) is 0 Å². The Bertz CT molecular complexity index is 379. The molecule has 0 radical (unpaired) electrons. The fraction of sp³-hybridized carbons (Fsp3) is 0.417. The van der Waals surface area contributed by atoms with E-state index in [-0.39, 0.29) is 12.5 Å². The summed E-state index contributed by atoms with van der Waals surface area (Å²) in [5.74, 6) is -0.667. The van der Waals surface area contributed by atoms with E-state index >= 15 is 0 Å². The summed E-state index contributed by atoms with van der Waals surface area (Å²) in [5.41, 5.74) is 0.332. The van der Waals surface area contributed by atoms with E-state index in [4.69, 9.17) is 4.74 Å². The van der Waals surface area contributed by atoms with Gasteiger partial charge in [-0.1, -0.05) is 6.07 Å². The maximum atomic E-state index is 12.0. The number of nitrogens with zero attached hydrogens (tertiary/aromatic N) is 2. The Morgan fingerprint density at radius 2 is 2.12 bits per heavy atom. The summed E-state index contributed by atoms with van der Waals surface area (Å²) >= 11 is 0. The van der Waals surface area contributed by atoms with Crippen LogP contribution >= 0.6 is 0 Å². The van der Waals surface area contributed by atoms with Gasteiger partial charge in [-0.3, -0.25) is 14.6 Å². The molecule has 1 aromatic rings. The molecule has 17 heavy (non-hydrogen) atoms. The lowest BCUT2D eigenvalue weighted by atomic mass is 10.3. The summed E-state index contributed by atoms with van der Waals surface area (Å²) in [7, 11) is 0. The van der Waals surface area contributed by atoms with Gasteiger partial charge < -0.3 is 9.64 Å². The molecule has 0 aliphatic heterocycles. The SMILES string of the molecule is CCOC(=O)CN(CC)C(=O)c1ccccn1. The van der Waals surface area contributed by atoms with Crippen LogP contribution < -0.4 is 0 Å². The van der Waals surface area contributed by atoms with Crippen LogP contribution in [-0.4, -0.2) is 41.5 Å². The molecule has 5 nitrogen and oxygen atoms in total. The summed E-state index contributed by atoms with van der Waals surface area (Å²) in [4.78, 5) is 28.6. The lowest BCUT2D eigenvalue weighted by Gasteiger charge is -2.19. The van der Waals surface area contributed by atoms with Crippen molar-refractivity contribution in [3.05, 3.63) is 30.1 Å². The maximum absolute atomic E-state index is 12.0. The molecule has 0 N–H and O–H groups in total. The summed E-state index contributed by atoms with van der Waals surface area (Å²) in [6, 6.07) is 5.09. The van der Waals surface area contributed by atoms with Gasteiger partial charge in [0.2, 0.25) is 0 Å². The molecule has 1 amide bonds. The van der Waals surface area contributed by atoms with Crippen molar-refractivity contribution >= 4 is 11.9 Å². The molecule has 1 aromatic heterocycles. The van der Waals surface area contributed by atoms with Crippen LogP contribution in [0.15, 0.2) is 24.4 Å². The summed E-state index contributed by atoms with van der Waals surface area (Å²) in [5, 5.41) is 0. The highest BCUT2D eigenvalue weighted by Gasteiger charge is 2.18. The second-order valence-electron chi connectivity index (χ2n) is 3.34. The Hall–Kier alpha value is -1.91. The molecule has 0 spiro atoms. The molecule has 0 saturated heterocycles. The number of likely N-dealkylation sites (N-methyl/N-ethyl adjacent to an activating group) is 1. The van der Waals surface area contributed by atoms with Crippen LogP contribution in [0, 0.1) is 0 Å². The molecule has 0 saturated carbocycles. The van der Waals surface area contributed by atoms with Gasteiger partial charge in [-0.05, 0) is 26.0 Å². The Kier molecular flexibility index (Phi) is 5.13. The molecule has 92 valence electrons. The number of pyridine rings is 1. The lowest BCUT2D eigenvalue weighted by molar-refractivity contribution is -0.143. The predicted molar refractivity (Wildman–Crippen MR) is 62.4 cm³/mol. The predicted octanol–water partition coefficient (Wildman–Crippen LogP) is 1.11. The van der Waals surface area contributed by atoms with Crippen LogP contribution in [0.5, 0.6) is 0 Å². The zero-order valence-corrected chi connectivity index (χ0v) is 10.0. The maximum Gasteiger partial charge on any atom is 0.325 e. The first kappa shape index (κ1) is 13.2. The van der Waals surface area contributed by atoms with Crippen LogP contribution in [-0.2, 0) is 9.53 Å². The number of hydrogen-bond donors (Lipinski definition) is 0. The van der Waals surface area contributed by atoms with Gasteiger partial charge >= 0.3 is 5.97 Å². The number of ether oxygens (including phenoxy) is 1. The second-order valence-corrected chi connectivity index (χ2v) is 3.34. The average Bonchev–Trinajstić information content (AvgIpc) is 2.36. The monoisotopic (exact) mass is 236 g/mol. The average molecular weight is 236 g/mol. The fourth-order valence-corrected chi connectivity index (χ4v) is 1.34. The normalized spacial score (nSPS) is 9.76. The minimum atomic E-state index is -0.404. The quantitative estimate of drug-likeness (QED) is 0.718. The van der Waals surface area contributed by atoms with Gasteiger partial charge in [0.25, 0.3) is 5.91 Å². The molecule has 0 unspecified atom stereocenters. The first-order valence-corrected chi connectivity index (χ1v) is 5.55. The molecule has 0 fully saturated rings. The number of hydrogen-bond acceptors (Lipinski definition) is 4. The largest absolute Gasteiger partial charge is 0.465 e. The third-order valence-electron chi connectivity index (χ3n) is 2.18. The van der Waals surface area contributed by atoms with Crippen molar-refractivity contribution in [1.82, 2.24) is 9.88 Å². The molecule has 0 aliphatic carbocycles. The van der Waals surface area contributed by atoms with E-state index in [1.807, 2.05) is 0 Å². The number of aromatic nitrogens is 1. The van der Waals surface area contributed by atoms with Crippen molar-refractivity contribution in [2.24, 2.45) is 0 Å². The Morgan fingerprint density at radius 3 is 2.65 bits per heavy atom. The van der Waals surface area contributed by atoms with Crippen molar-refractivity contribution < 1.29 is 14.3 Å². The topological polar surface area (TPSA) is 59.5 Å². The number of carbonyl (C=O) groups excluding carboxylic acids is 2. The molecule has 0 atom stereocenters. The summed E-state index contributed by atoms with van der Waals surface area (Å²) < 4.78 is 4.81. The molecule has 1 heterocycles. The van der Waals surface area contributed by atoms with E-state index in [0.717, 1.165) is 0 Å². The van der Waals surface area contributed by atoms with Crippen LogP contribution in [0.1, 0.15) is 24.3 Å². The van der Waals surface area contributed by atoms with Gasteiger partial charge in [-0.2, -0.15) is 0 Å². The molecule has 0 aromatic carbocycles. The Balaban J connectivity index is 2.68. The molecule has 0 bridgehead atoms. The highest BCUT2D eigenvalue weighted by Crippen LogP contribution is 2.01. The van der Waals surface area contributed by atoms with Crippen LogP contribution in [0.25, 0.3) is 0 Å². The summed E-state index contributed by atoms with van der Waals surface area (Å²) in [6.45, 7) is 4.25. The third kappa shape index (κ3) is 3.86. The summed E-state index contributed by atoms with van der Waals surface area (Å²) in [6.07, 6.45) is 1.55. The third-order valence-corrected chi connectivity index (χ3v) is 2.18. The van der Waals surface area contributed by atoms with Gasteiger partial charge in [0.05, 0.1) is 6.61 Å². The van der Waals surface area contributed by atoms with Crippen molar-refractivity contribution in [3.63, 3.8) is 0 Å². The van der Waals surface area contributed by atoms with E-state index in [1.165, 1.54) is 4.90 Å². The molecular formula is C12H16N2O3. The van der Waals surface area contributed by atoms with Gasteiger partial charge in [-0.25, -0.2) is 0 Å². The van der Waals surface area contributed by atoms with Crippen molar-refractivity contribution in [1.29, 1.82) is 0 Å². The van der Waals surface area contributed by atoms with Gasteiger partial charge in [0, 0.05) is 12.7 Å². The minimum absolute atomic E-state index is 0.0419. The second kappa shape index (κ2) is 6.62. The lowest BCUT2D eigenvalue weighted by Crippen LogP contribution is -2.36. The van der Waals surface area contributed by atoms with E-state index in [2.05, 4.69) is 4.98 Å². The number of esters is 1. The van der Waals surface area contributed by atoms with E-state index in [9.17, 15) is 9.59 Å². The van der Waals surface area contributed by atoms with Crippen molar-refractivity contribution in [2.45, 2.75) is 13.8 Å². The van der Waals surface area contributed by atoms with Gasteiger partial charge in [0.1, 0.15) is 12.2 Å². The van der Waals surface area contributed by atoms with Gasteiger partial charge in [-0.15, -0.1) is 0 Å². The first-order chi connectivity index (χ1) is 8.19. The molecule has 0 aliphatic rings. The Morgan fingerprint density at radius 1 is 1.35 bits per heavy atom. The highest BCUT2D eigenvalue weighted by atomic mass is 16.5. The minimum Gasteiger partial charge on any atom is -0.465 e.